The van der Waals surface area contributed by atoms with E-state index in [0.717, 1.165) is 58.3 Å². The Bertz CT molecular complexity index is 685. The quantitative estimate of drug-likeness (QED) is 0.314. The van der Waals surface area contributed by atoms with Crippen LogP contribution in [-0.2, 0) is 4.74 Å². The highest BCUT2D eigenvalue weighted by Gasteiger charge is 2.30. The highest BCUT2D eigenvalue weighted by atomic mass is 127. The zero-order valence-electron chi connectivity index (χ0n) is 18.2. The fraction of sp³-hybridized carbons (Fsp3) is 0.667. The number of aliphatic imine (C=N–C) groups is 1. The van der Waals surface area contributed by atoms with Crippen molar-refractivity contribution in [3.8, 4) is 11.5 Å². The monoisotopic (exact) mass is 534 g/mol. The van der Waals surface area contributed by atoms with Gasteiger partial charge in [0.05, 0.1) is 34.0 Å². The molecular formula is C21H35IN4O4. The number of likely N-dealkylation sites (tertiary alicyclic amines) is 1. The molecular weight excluding hydrogens is 499 g/mol. The summed E-state index contributed by atoms with van der Waals surface area (Å²) in [6.07, 6.45) is 0.350. The molecule has 3 rings (SSSR count). The van der Waals surface area contributed by atoms with Crippen LogP contribution in [0.4, 0.5) is 0 Å². The molecule has 9 heteroatoms. The third kappa shape index (κ3) is 6.35. The summed E-state index contributed by atoms with van der Waals surface area (Å²) in [7, 11) is 3.21. The van der Waals surface area contributed by atoms with Crippen molar-refractivity contribution in [2.45, 2.75) is 25.5 Å². The number of aliphatic hydroxyl groups excluding tert-OH is 1. The standard InChI is InChI=1S/C21H34N4O4.HI/c1-4-22-21(25-8-7-16(15-25)24-9-11-29-12-10-24)23-14-19(26)18-13-17(27-2)5-6-20(18)28-3;/h5-6,13,16,19,26H,4,7-12,14-15H2,1-3H3,(H,22,23);1H. The molecule has 2 fully saturated rings. The van der Waals surface area contributed by atoms with Crippen LogP contribution in [0.1, 0.15) is 25.0 Å². The third-order valence-electron chi connectivity index (χ3n) is 5.57. The van der Waals surface area contributed by atoms with Crippen LogP contribution in [0.5, 0.6) is 11.5 Å². The van der Waals surface area contributed by atoms with Crippen LogP contribution in [0, 0.1) is 0 Å². The molecule has 0 amide bonds. The van der Waals surface area contributed by atoms with E-state index in [4.69, 9.17) is 19.2 Å². The number of hydrogen-bond donors (Lipinski definition) is 2. The molecule has 2 aliphatic rings. The molecule has 0 radical (unpaired) electrons. The molecule has 8 nitrogen and oxygen atoms in total. The second-order valence-electron chi connectivity index (χ2n) is 7.36. The summed E-state index contributed by atoms with van der Waals surface area (Å²) in [5, 5.41) is 14.1. The molecule has 0 bridgehead atoms. The third-order valence-corrected chi connectivity index (χ3v) is 5.57. The first-order valence-corrected chi connectivity index (χ1v) is 10.4. The molecule has 2 heterocycles. The van der Waals surface area contributed by atoms with Gasteiger partial charge in [0, 0.05) is 44.3 Å². The predicted octanol–water partition coefficient (Wildman–Crippen LogP) is 1.73. The van der Waals surface area contributed by atoms with Gasteiger partial charge in [-0.2, -0.15) is 0 Å². The molecule has 0 saturated carbocycles. The number of nitrogens with zero attached hydrogens (tertiary/aromatic N) is 3. The summed E-state index contributed by atoms with van der Waals surface area (Å²) < 4.78 is 16.2. The Morgan fingerprint density at radius 1 is 1.27 bits per heavy atom. The Morgan fingerprint density at radius 3 is 2.70 bits per heavy atom. The van der Waals surface area contributed by atoms with Crippen molar-refractivity contribution in [2.24, 2.45) is 4.99 Å². The number of halogens is 1. The normalized spacial score (nSPS) is 21.1. The molecule has 0 spiro atoms. The van der Waals surface area contributed by atoms with Gasteiger partial charge >= 0.3 is 0 Å². The molecule has 1 aromatic rings. The van der Waals surface area contributed by atoms with E-state index < -0.39 is 6.10 Å². The molecule has 2 unspecified atom stereocenters. The van der Waals surface area contributed by atoms with Crippen molar-refractivity contribution in [1.82, 2.24) is 15.1 Å². The van der Waals surface area contributed by atoms with Crippen molar-refractivity contribution in [2.75, 3.05) is 66.7 Å². The maximum atomic E-state index is 10.8. The molecule has 2 atom stereocenters. The first-order valence-electron chi connectivity index (χ1n) is 10.4. The fourth-order valence-corrected chi connectivity index (χ4v) is 3.97. The van der Waals surface area contributed by atoms with Crippen molar-refractivity contribution in [1.29, 1.82) is 0 Å². The lowest BCUT2D eigenvalue weighted by Crippen LogP contribution is -2.46. The zero-order chi connectivity index (χ0) is 20.6. The highest BCUT2D eigenvalue weighted by Crippen LogP contribution is 2.29. The van der Waals surface area contributed by atoms with Gasteiger partial charge in [-0.05, 0) is 31.5 Å². The first kappa shape index (κ1) is 25.0. The second kappa shape index (κ2) is 12.5. The fourth-order valence-electron chi connectivity index (χ4n) is 3.97. The Balaban J connectivity index is 0.00000320. The molecule has 2 aliphatic heterocycles. The van der Waals surface area contributed by atoms with Gasteiger partial charge in [0.2, 0.25) is 0 Å². The van der Waals surface area contributed by atoms with Crippen LogP contribution in [0.25, 0.3) is 0 Å². The lowest BCUT2D eigenvalue weighted by molar-refractivity contribution is 0.0194. The van der Waals surface area contributed by atoms with Crippen LogP contribution < -0.4 is 14.8 Å². The minimum absolute atomic E-state index is 0. The summed E-state index contributed by atoms with van der Waals surface area (Å²) in [5.74, 6) is 2.17. The Morgan fingerprint density at radius 2 is 2.03 bits per heavy atom. The maximum absolute atomic E-state index is 10.8. The minimum atomic E-state index is -0.772. The number of nitrogens with one attached hydrogen (secondary N) is 1. The van der Waals surface area contributed by atoms with Gasteiger partial charge in [-0.3, -0.25) is 9.89 Å². The lowest BCUT2D eigenvalue weighted by atomic mass is 10.1. The topological polar surface area (TPSA) is 78.8 Å². The van der Waals surface area contributed by atoms with E-state index in [1.165, 1.54) is 0 Å². The number of ether oxygens (including phenoxy) is 3. The van der Waals surface area contributed by atoms with Gasteiger partial charge in [-0.15, -0.1) is 24.0 Å². The van der Waals surface area contributed by atoms with E-state index in [9.17, 15) is 5.11 Å². The number of morpholine rings is 1. The maximum Gasteiger partial charge on any atom is 0.194 e. The van der Waals surface area contributed by atoms with Gasteiger partial charge in [0.1, 0.15) is 17.6 Å². The average Bonchev–Trinajstić information content (AvgIpc) is 3.26. The van der Waals surface area contributed by atoms with E-state index in [-0.39, 0.29) is 30.5 Å². The zero-order valence-corrected chi connectivity index (χ0v) is 20.5. The SMILES string of the molecule is CCNC(=NCC(O)c1cc(OC)ccc1OC)N1CCC(N2CCOCC2)C1.I. The van der Waals surface area contributed by atoms with Gasteiger partial charge in [-0.25, -0.2) is 0 Å². The largest absolute Gasteiger partial charge is 0.497 e. The number of guanidine groups is 1. The van der Waals surface area contributed by atoms with Crippen LogP contribution in [0.15, 0.2) is 23.2 Å². The number of methoxy groups -OCH3 is 2. The molecule has 30 heavy (non-hydrogen) atoms. The van der Waals surface area contributed by atoms with E-state index >= 15 is 0 Å². The lowest BCUT2D eigenvalue weighted by Gasteiger charge is -2.32. The molecule has 0 aromatic heterocycles. The Hall–Kier alpha value is -1.30. The number of aliphatic hydroxyl groups is 1. The van der Waals surface area contributed by atoms with E-state index in [0.29, 0.717) is 23.1 Å². The van der Waals surface area contributed by atoms with Crippen LogP contribution >= 0.6 is 24.0 Å². The summed E-state index contributed by atoms with van der Waals surface area (Å²) in [5.41, 5.74) is 0.680. The molecule has 1 aromatic carbocycles. The Labute approximate surface area is 196 Å². The average molecular weight is 534 g/mol. The predicted molar refractivity (Wildman–Crippen MR) is 128 cm³/mol. The molecule has 2 N–H and O–H groups in total. The van der Waals surface area contributed by atoms with Crippen molar-refractivity contribution >= 4 is 29.9 Å². The van der Waals surface area contributed by atoms with E-state index in [1.807, 2.05) is 6.07 Å². The molecule has 2 saturated heterocycles. The minimum Gasteiger partial charge on any atom is -0.497 e. The van der Waals surface area contributed by atoms with Gasteiger partial charge in [0.15, 0.2) is 5.96 Å². The van der Waals surface area contributed by atoms with E-state index in [1.54, 1.807) is 26.4 Å². The number of benzene rings is 1. The summed E-state index contributed by atoms with van der Waals surface area (Å²) in [6.45, 7) is 8.66. The molecule has 0 aliphatic carbocycles. The Kier molecular flexibility index (Phi) is 10.4. The van der Waals surface area contributed by atoms with Crippen LogP contribution in [0.2, 0.25) is 0 Å². The van der Waals surface area contributed by atoms with Crippen molar-refractivity contribution < 1.29 is 19.3 Å². The first-order chi connectivity index (χ1) is 14.2. The summed E-state index contributed by atoms with van der Waals surface area (Å²) >= 11 is 0. The molecule has 170 valence electrons. The van der Waals surface area contributed by atoms with Gasteiger partial charge in [0.25, 0.3) is 0 Å². The van der Waals surface area contributed by atoms with Crippen LogP contribution in [0.3, 0.4) is 0 Å². The van der Waals surface area contributed by atoms with Gasteiger partial charge < -0.3 is 29.5 Å². The highest BCUT2D eigenvalue weighted by molar-refractivity contribution is 14.0. The summed E-state index contributed by atoms with van der Waals surface area (Å²) in [4.78, 5) is 9.53. The smallest absolute Gasteiger partial charge is 0.194 e. The van der Waals surface area contributed by atoms with Crippen LogP contribution in [-0.4, -0.2) is 93.6 Å². The summed E-state index contributed by atoms with van der Waals surface area (Å²) in [6, 6.07) is 5.96. The van der Waals surface area contributed by atoms with E-state index in [2.05, 4.69) is 22.0 Å². The van der Waals surface area contributed by atoms with Crippen molar-refractivity contribution in [3.63, 3.8) is 0 Å². The second-order valence-corrected chi connectivity index (χ2v) is 7.36. The van der Waals surface area contributed by atoms with Gasteiger partial charge in [-0.1, -0.05) is 0 Å². The van der Waals surface area contributed by atoms with Crippen molar-refractivity contribution in [3.05, 3.63) is 23.8 Å². The number of rotatable bonds is 7. The number of hydrogen-bond acceptors (Lipinski definition) is 6.